The Kier molecular flexibility index (Phi) is 8.22. The van der Waals surface area contributed by atoms with Gasteiger partial charge in [0.05, 0.1) is 18.6 Å². The summed E-state index contributed by atoms with van der Waals surface area (Å²) in [4.78, 5) is 53.3. The van der Waals surface area contributed by atoms with Crippen molar-refractivity contribution in [3.8, 4) is 0 Å². The first-order chi connectivity index (χ1) is 15.2. The molecular formula is C22H27N3O7. The lowest BCUT2D eigenvalue weighted by atomic mass is 9.75. The summed E-state index contributed by atoms with van der Waals surface area (Å²) < 4.78 is 9.95. The molecule has 1 amide bonds. The number of nitrogens with zero attached hydrogens (tertiary/aromatic N) is 2. The molecule has 2 rings (SSSR count). The van der Waals surface area contributed by atoms with Crippen molar-refractivity contribution in [2.75, 3.05) is 13.7 Å². The molecule has 0 bridgehead atoms. The fourth-order valence-corrected chi connectivity index (χ4v) is 3.76. The average molecular weight is 445 g/mol. The number of hydrogen-bond acceptors (Lipinski definition) is 8. The zero-order valence-corrected chi connectivity index (χ0v) is 18.7. The molecule has 0 saturated heterocycles. The smallest absolute Gasteiger partial charge is 0.328 e. The molecular weight excluding hydrogens is 418 g/mol. The molecule has 0 saturated carbocycles. The van der Waals surface area contributed by atoms with E-state index in [4.69, 9.17) is 9.47 Å². The molecule has 3 atom stereocenters. The predicted molar refractivity (Wildman–Crippen MR) is 116 cm³/mol. The van der Waals surface area contributed by atoms with Gasteiger partial charge in [-0.2, -0.15) is 0 Å². The Morgan fingerprint density at radius 3 is 2.50 bits per heavy atom. The standard InChI is InChI=1S/C22H27N3O7/c1-6-16(21(27)32-7-2)24-20(26)17-12(3)23-13(4)18(22(28)31-5)19(17)14-9-8-10-15(11-14)25(29)30/h8-11,16,18-19H,6-7H2,1-5H3,(H,24,26). The third-order valence-corrected chi connectivity index (χ3v) is 5.25. The summed E-state index contributed by atoms with van der Waals surface area (Å²) >= 11 is 0. The molecule has 0 fully saturated rings. The van der Waals surface area contributed by atoms with Crippen LogP contribution >= 0.6 is 0 Å². The van der Waals surface area contributed by atoms with Gasteiger partial charge >= 0.3 is 11.9 Å². The number of amides is 1. The van der Waals surface area contributed by atoms with E-state index in [1.165, 1.54) is 25.3 Å². The second-order valence-electron chi connectivity index (χ2n) is 7.27. The Morgan fingerprint density at radius 2 is 1.94 bits per heavy atom. The van der Waals surface area contributed by atoms with Crippen molar-refractivity contribution in [2.24, 2.45) is 10.9 Å². The fourth-order valence-electron chi connectivity index (χ4n) is 3.76. The van der Waals surface area contributed by atoms with Gasteiger partial charge in [-0.25, -0.2) is 4.79 Å². The van der Waals surface area contributed by atoms with Crippen LogP contribution in [0.3, 0.4) is 0 Å². The van der Waals surface area contributed by atoms with E-state index in [2.05, 4.69) is 10.3 Å². The number of aliphatic imine (C=N–C) groups is 1. The van der Waals surface area contributed by atoms with Crippen LogP contribution in [0.2, 0.25) is 0 Å². The monoisotopic (exact) mass is 445 g/mol. The Bertz CT molecular complexity index is 983. The minimum absolute atomic E-state index is 0.134. The topological polar surface area (TPSA) is 137 Å². The van der Waals surface area contributed by atoms with Gasteiger partial charge in [0.15, 0.2) is 0 Å². The highest BCUT2D eigenvalue weighted by Crippen LogP contribution is 2.40. The third kappa shape index (κ3) is 5.19. The molecule has 1 aliphatic rings. The normalized spacial score (nSPS) is 19.0. The number of nitro groups is 1. The molecule has 0 radical (unpaired) electrons. The van der Waals surface area contributed by atoms with Crippen LogP contribution in [0.1, 0.15) is 45.6 Å². The van der Waals surface area contributed by atoms with Crippen LogP contribution in [-0.4, -0.2) is 48.2 Å². The highest BCUT2D eigenvalue weighted by Gasteiger charge is 2.42. The third-order valence-electron chi connectivity index (χ3n) is 5.25. The van der Waals surface area contributed by atoms with Crippen LogP contribution < -0.4 is 5.32 Å². The van der Waals surface area contributed by atoms with Gasteiger partial charge in [-0.3, -0.25) is 24.7 Å². The Balaban J connectivity index is 2.60. The summed E-state index contributed by atoms with van der Waals surface area (Å²) in [6.07, 6.45) is 0.293. The van der Waals surface area contributed by atoms with E-state index >= 15 is 0 Å². The highest BCUT2D eigenvalue weighted by atomic mass is 16.6. The molecule has 1 aliphatic heterocycles. The summed E-state index contributed by atoms with van der Waals surface area (Å²) in [6, 6.07) is 4.85. The predicted octanol–water partition coefficient (Wildman–Crippen LogP) is 2.67. The summed E-state index contributed by atoms with van der Waals surface area (Å²) in [5.74, 6) is -3.66. The van der Waals surface area contributed by atoms with Crippen LogP contribution in [0, 0.1) is 16.0 Å². The quantitative estimate of drug-likeness (QED) is 0.369. The largest absolute Gasteiger partial charge is 0.468 e. The van der Waals surface area contributed by atoms with E-state index in [1.807, 2.05) is 0 Å². The van der Waals surface area contributed by atoms with E-state index in [-0.39, 0.29) is 17.9 Å². The van der Waals surface area contributed by atoms with Gasteiger partial charge in [-0.05, 0) is 32.8 Å². The minimum Gasteiger partial charge on any atom is -0.468 e. The lowest BCUT2D eigenvalue weighted by Crippen LogP contribution is -2.45. The molecule has 0 aliphatic carbocycles. The molecule has 32 heavy (non-hydrogen) atoms. The number of methoxy groups -OCH3 is 1. The molecule has 0 spiro atoms. The molecule has 10 nitrogen and oxygen atoms in total. The van der Waals surface area contributed by atoms with Crippen molar-refractivity contribution in [1.82, 2.24) is 5.32 Å². The summed E-state index contributed by atoms with van der Waals surface area (Å²) in [6.45, 7) is 6.80. The number of ether oxygens (including phenoxy) is 2. The SMILES string of the molecule is CCOC(=O)C(CC)NC(=O)C1=C(C)N=C(C)C(C(=O)OC)C1c1cccc([N+](=O)[O-])c1. The maximum atomic E-state index is 13.3. The van der Waals surface area contributed by atoms with Gasteiger partial charge in [-0.15, -0.1) is 0 Å². The van der Waals surface area contributed by atoms with Crippen molar-refractivity contribution >= 4 is 29.2 Å². The number of esters is 2. The lowest BCUT2D eigenvalue weighted by Gasteiger charge is -2.32. The van der Waals surface area contributed by atoms with Crippen LogP contribution in [0.4, 0.5) is 5.69 Å². The van der Waals surface area contributed by atoms with Gasteiger partial charge in [-0.1, -0.05) is 19.1 Å². The van der Waals surface area contributed by atoms with Crippen LogP contribution in [0.5, 0.6) is 0 Å². The first kappa shape index (κ1) is 24.7. The van der Waals surface area contributed by atoms with E-state index < -0.39 is 40.6 Å². The minimum atomic E-state index is -0.964. The van der Waals surface area contributed by atoms with Crippen molar-refractivity contribution in [2.45, 2.75) is 46.1 Å². The molecule has 1 aromatic carbocycles. The number of nitrogens with one attached hydrogen (secondary N) is 1. The highest BCUT2D eigenvalue weighted by molar-refractivity contribution is 6.08. The van der Waals surface area contributed by atoms with Gasteiger partial charge in [0, 0.05) is 35.0 Å². The molecule has 0 aromatic heterocycles. The van der Waals surface area contributed by atoms with Crippen molar-refractivity contribution in [3.05, 3.63) is 51.2 Å². The van der Waals surface area contributed by atoms with E-state index in [1.54, 1.807) is 33.8 Å². The zero-order chi connectivity index (χ0) is 24.0. The first-order valence-electron chi connectivity index (χ1n) is 10.2. The summed E-state index contributed by atoms with van der Waals surface area (Å²) in [5.41, 5.74) is 1.10. The zero-order valence-electron chi connectivity index (χ0n) is 18.7. The van der Waals surface area contributed by atoms with Crippen molar-refractivity contribution in [3.63, 3.8) is 0 Å². The first-order valence-corrected chi connectivity index (χ1v) is 10.2. The van der Waals surface area contributed by atoms with E-state index in [0.29, 0.717) is 23.4 Å². The Labute approximate surface area is 185 Å². The van der Waals surface area contributed by atoms with E-state index in [9.17, 15) is 24.5 Å². The summed E-state index contributed by atoms with van der Waals surface area (Å²) in [5, 5.41) is 14.0. The number of carbonyl (C=O) groups excluding carboxylic acids is 3. The maximum Gasteiger partial charge on any atom is 0.328 e. The number of carbonyl (C=O) groups is 3. The summed E-state index contributed by atoms with van der Waals surface area (Å²) in [7, 11) is 1.22. The molecule has 1 heterocycles. The van der Waals surface area contributed by atoms with Gasteiger partial charge in [0.1, 0.15) is 12.0 Å². The van der Waals surface area contributed by atoms with Crippen LogP contribution in [-0.2, 0) is 23.9 Å². The van der Waals surface area contributed by atoms with E-state index in [0.717, 1.165) is 0 Å². The molecule has 3 unspecified atom stereocenters. The maximum absolute atomic E-state index is 13.3. The Hall–Kier alpha value is -3.56. The lowest BCUT2D eigenvalue weighted by molar-refractivity contribution is -0.384. The van der Waals surface area contributed by atoms with Gasteiger partial charge in [0.2, 0.25) is 5.91 Å². The number of nitro benzene ring substituents is 1. The second kappa shape index (κ2) is 10.7. The number of allylic oxidation sites excluding steroid dienone is 1. The molecule has 10 heteroatoms. The van der Waals surface area contributed by atoms with Crippen molar-refractivity contribution < 1.29 is 28.8 Å². The van der Waals surface area contributed by atoms with Gasteiger partial charge < -0.3 is 14.8 Å². The second-order valence-corrected chi connectivity index (χ2v) is 7.27. The number of benzene rings is 1. The van der Waals surface area contributed by atoms with Crippen LogP contribution in [0.25, 0.3) is 0 Å². The number of rotatable bonds is 8. The average Bonchev–Trinajstić information content (AvgIpc) is 2.76. The number of hydrogen-bond donors (Lipinski definition) is 1. The molecule has 1 aromatic rings. The Morgan fingerprint density at radius 1 is 1.25 bits per heavy atom. The van der Waals surface area contributed by atoms with Gasteiger partial charge in [0.25, 0.3) is 5.69 Å². The number of non-ortho nitro benzene ring substituents is 1. The molecule has 1 N–H and O–H groups in total. The fraction of sp³-hybridized carbons (Fsp3) is 0.455. The molecule has 172 valence electrons. The van der Waals surface area contributed by atoms with Crippen LogP contribution in [0.15, 0.2) is 40.5 Å². The van der Waals surface area contributed by atoms with Crippen molar-refractivity contribution in [1.29, 1.82) is 0 Å².